The molecule has 1 fully saturated rings. The number of carbonyl (C=O) groups is 1. The number of benzene rings is 2. The van der Waals surface area contributed by atoms with E-state index in [4.69, 9.17) is 11.6 Å². The number of halogens is 1. The number of hydrogen-bond donors (Lipinski definition) is 1. The van der Waals surface area contributed by atoms with Crippen molar-refractivity contribution in [3.05, 3.63) is 65.2 Å². The fourth-order valence-electron chi connectivity index (χ4n) is 3.09. The zero-order chi connectivity index (χ0) is 17.6. The molecule has 0 spiro atoms. The van der Waals surface area contributed by atoms with E-state index in [1.807, 2.05) is 49.4 Å². The van der Waals surface area contributed by atoms with Crippen LogP contribution < -0.4 is 5.32 Å². The lowest BCUT2D eigenvalue weighted by atomic mass is 10.1. The molecular weight excluding hydrogens is 334 g/mol. The van der Waals surface area contributed by atoms with E-state index < -0.39 is 0 Å². The second-order valence-electron chi connectivity index (χ2n) is 6.47. The first-order valence-electron chi connectivity index (χ1n) is 8.68. The second kappa shape index (κ2) is 8.48. The molecule has 1 aliphatic heterocycles. The minimum Gasteiger partial charge on any atom is -0.325 e. The summed E-state index contributed by atoms with van der Waals surface area (Å²) >= 11 is 5.94. The SMILES string of the molecule is C[C@@H](C(=O)Nc1ccccc1)N1CCN(Cc2ccc(Cl)cc2)CC1. The molecule has 5 heteroatoms. The van der Waals surface area contributed by atoms with Gasteiger partial charge in [-0.3, -0.25) is 14.6 Å². The van der Waals surface area contributed by atoms with Gasteiger partial charge in [0.1, 0.15) is 0 Å². The number of amides is 1. The molecule has 1 amide bonds. The van der Waals surface area contributed by atoms with Gasteiger partial charge in [-0.1, -0.05) is 41.9 Å². The van der Waals surface area contributed by atoms with Crippen LogP contribution in [0.3, 0.4) is 0 Å². The molecule has 25 heavy (non-hydrogen) atoms. The Balaban J connectivity index is 1.47. The van der Waals surface area contributed by atoms with Gasteiger partial charge in [0.15, 0.2) is 0 Å². The summed E-state index contributed by atoms with van der Waals surface area (Å²) in [6.45, 7) is 6.63. The van der Waals surface area contributed by atoms with E-state index in [9.17, 15) is 4.79 Å². The quantitative estimate of drug-likeness (QED) is 0.889. The van der Waals surface area contributed by atoms with Gasteiger partial charge < -0.3 is 5.32 Å². The average molecular weight is 358 g/mol. The number of para-hydroxylation sites is 1. The largest absolute Gasteiger partial charge is 0.325 e. The number of piperazine rings is 1. The molecule has 0 aromatic heterocycles. The first-order chi connectivity index (χ1) is 12.1. The van der Waals surface area contributed by atoms with E-state index in [0.717, 1.165) is 43.4 Å². The Hall–Kier alpha value is -1.88. The summed E-state index contributed by atoms with van der Waals surface area (Å²) in [5.74, 6) is 0.0531. The minimum absolute atomic E-state index is 0.0531. The lowest BCUT2D eigenvalue weighted by molar-refractivity contribution is -0.121. The molecule has 0 bridgehead atoms. The number of rotatable bonds is 5. The molecule has 4 nitrogen and oxygen atoms in total. The monoisotopic (exact) mass is 357 g/mol. The Bertz CT molecular complexity index is 682. The summed E-state index contributed by atoms with van der Waals surface area (Å²) < 4.78 is 0. The van der Waals surface area contributed by atoms with E-state index in [-0.39, 0.29) is 11.9 Å². The molecule has 2 aromatic rings. The fraction of sp³-hybridized carbons (Fsp3) is 0.350. The summed E-state index contributed by atoms with van der Waals surface area (Å²) in [5.41, 5.74) is 2.12. The summed E-state index contributed by atoms with van der Waals surface area (Å²) in [6, 6.07) is 17.5. The maximum absolute atomic E-state index is 12.4. The van der Waals surface area contributed by atoms with Crippen molar-refractivity contribution in [3.63, 3.8) is 0 Å². The van der Waals surface area contributed by atoms with Crippen LogP contribution in [0.4, 0.5) is 5.69 Å². The lowest BCUT2D eigenvalue weighted by Crippen LogP contribution is -2.52. The molecule has 1 N–H and O–H groups in total. The summed E-state index contributed by atoms with van der Waals surface area (Å²) in [5, 5.41) is 3.76. The van der Waals surface area contributed by atoms with E-state index >= 15 is 0 Å². The highest BCUT2D eigenvalue weighted by molar-refractivity contribution is 6.30. The van der Waals surface area contributed by atoms with Gasteiger partial charge in [-0.15, -0.1) is 0 Å². The van der Waals surface area contributed by atoms with E-state index in [2.05, 4.69) is 27.2 Å². The van der Waals surface area contributed by atoms with Crippen LogP contribution in [0.1, 0.15) is 12.5 Å². The van der Waals surface area contributed by atoms with Crippen molar-refractivity contribution in [2.24, 2.45) is 0 Å². The van der Waals surface area contributed by atoms with Gasteiger partial charge in [-0.05, 0) is 36.8 Å². The summed E-state index contributed by atoms with van der Waals surface area (Å²) in [6.07, 6.45) is 0. The molecule has 1 saturated heterocycles. The predicted molar refractivity (Wildman–Crippen MR) is 103 cm³/mol. The Labute approximate surface area is 154 Å². The number of anilines is 1. The Morgan fingerprint density at radius 3 is 2.32 bits per heavy atom. The molecule has 3 rings (SSSR count). The Kier molecular flexibility index (Phi) is 6.08. The third kappa shape index (κ3) is 5.05. The molecule has 0 saturated carbocycles. The smallest absolute Gasteiger partial charge is 0.241 e. The highest BCUT2D eigenvalue weighted by Crippen LogP contribution is 2.14. The average Bonchev–Trinajstić information content (AvgIpc) is 2.64. The van der Waals surface area contributed by atoms with Gasteiger partial charge in [0.25, 0.3) is 0 Å². The molecule has 2 aromatic carbocycles. The van der Waals surface area contributed by atoms with Gasteiger partial charge in [0.2, 0.25) is 5.91 Å². The zero-order valence-corrected chi connectivity index (χ0v) is 15.2. The van der Waals surface area contributed by atoms with E-state index in [1.54, 1.807) is 0 Å². The highest BCUT2D eigenvalue weighted by atomic mass is 35.5. The van der Waals surface area contributed by atoms with Crippen LogP contribution in [-0.4, -0.2) is 47.9 Å². The van der Waals surface area contributed by atoms with Gasteiger partial charge in [0, 0.05) is 43.4 Å². The first kappa shape index (κ1) is 17.9. The van der Waals surface area contributed by atoms with Crippen molar-refractivity contribution in [2.45, 2.75) is 19.5 Å². The van der Waals surface area contributed by atoms with E-state index in [1.165, 1.54) is 5.56 Å². The lowest BCUT2D eigenvalue weighted by Gasteiger charge is -2.37. The van der Waals surface area contributed by atoms with Crippen molar-refractivity contribution in [3.8, 4) is 0 Å². The molecule has 0 aliphatic carbocycles. The zero-order valence-electron chi connectivity index (χ0n) is 14.5. The van der Waals surface area contributed by atoms with Crippen LogP contribution in [0, 0.1) is 0 Å². The normalized spacial score (nSPS) is 17.2. The van der Waals surface area contributed by atoms with Crippen LogP contribution in [0.5, 0.6) is 0 Å². The predicted octanol–water partition coefficient (Wildman–Crippen LogP) is 3.48. The Morgan fingerprint density at radius 2 is 1.68 bits per heavy atom. The first-order valence-corrected chi connectivity index (χ1v) is 9.06. The number of nitrogens with one attached hydrogen (secondary N) is 1. The third-order valence-electron chi connectivity index (χ3n) is 4.69. The number of hydrogen-bond acceptors (Lipinski definition) is 3. The second-order valence-corrected chi connectivity index (χ2v) is 6.91. The van der Waals surface area contributed by atoms with Gasteiger partial charge in [0.05, 0.1) is 6.04 Å². The van der Waals surface area contributed by atoms with Crippen molar-refractivity contribution in [1.82, 2.24) is 9.80 Å². The molecule has 1 aliphatic rings. The minimum atomic E-state index is -0.127. The highest BCUT2D eigenvalue weighted by Gasteiger charge is 2.25. The number of carbonyl (C=O) groups excluding carboxylic acids is 1. The maximum Gasteiger partial charge on any atom is 0.241 e. The van der Waals surface area contributed by atoms with E-state index in [0.29, 0.717) is 0 Å². The maximum atomic E-state index is 12.4. The topological polar surface area (TPSA) is 35.6 Å². The molecule has 0 unspecified atom stereocenters. The van der Waals surface area contributed by atoms with Gasteiger partial charge >= 0.3 is 0 Å². The van der Waals surface area contributed by atoms with Crippen LogP contribution >= 0.6 is 11.6 Å². The van der Waals surface area contributed by atoms with Crippen LogP contribution in [0.25, 0.3) is 0 Å². The van der Waals surface area contributed by atoms with Crippen molar-refractivity contribution < 1.29 is 4.79 Å². The molecular formula is C20H24ClN3O. The standard InChI is InChI=1S/C20H24ClN3O/c1-16(20(25)22-19-5-3-2-4-6-19)24-13-11-23(12-14-24)15-17-7-9-18(21)10-8-17/h2-10,16H,11-15H2,1H3,(H,22,25)/t16-/m0/s1. The molecule has 132 valence electrons. The van der Waals surface area contributed by atoms with Crippen molar-refractivity contribution >= 4 is 23.2 Å². The third-order valence-corrected chi connectivity index (χ3v) is 4.95. The Morgan fingerprint density at radius 1 is 1.04 bits per heavy atom. The van der Waals surface area contributed by atoms with Crippen LogP contribution in [0.15, 0.2) is 54.6 Å². The van der Waals surface area contributed by atoms with Crippen molar-refractivity contribution in [2.75, 3.05) is 31.5 Å². The molecule has 1 heterocycles. The summed E-state index contributed by atoms with van der Waals surface area (Å²) in [7, 11) is 0. The fourth-order valence-corrected chi connectivity index (χ4v) is 3.22. The van der Waals surface area contributed by atoms with Crippen molar-refractivity contribution in [1.29, 1.82) is 0 Å². The number of nitrogens with zero attached hydrogens (tertiary/aromatic N) is 2. The van der Waals surface area contributed by atoms with Crippen LogP contribution in [-0.2, 0) is 11.3 Å². The molecule has 1 atom stereocenters. The molecule has 0 radical (unpaired) electrons. The van der Waals surface area contributed by atoms with Gasteiger partial charge in [-0.2, -0.15) is 0 Å². The van der Waals surface area contributed by atoms with Gasteiger partial charge in [-0.25, -0.2) is 0 Å². The summed E-state index contributed by atoms with van der Waals surface area (Å²) in [4.78, 5) is 17.1. The van der Waals surface area contributed by atoms with Crippen LogP contribution in [0.2, 0.25) is 5.02 Å².